The first kappa shape index (κ1) is 12.5. The van der Waals surface area contributed by atoms with Crippen molar-refractivity contribution >= 4 is 5.69 Å². The van der Waals surface area contributed by atoms with E-state index >= 15 is 0 Å². The topological polar surface area (TPSA) is 21.3 Å². The third kappa shape index (κ3) is 1.94. The van der Waals surface area contributed by atoms with Crippen LogP contribution in [0.25, 0.3) is 0 Å². The number of methoxy groups -OCH3 is 1. The normalized spacial score (nSPS) is 25.9. The Kier molecular flexibility index (Phi) is 2.95. The van der Waals surface area contributed by atoms with Crippen LogP contribution in [0.2, 0.25) is 0 Å². The second kappa shape index (κ2) is 4.96. The third-order valence-electron chi connectivity index (χ3n) is 4.74. The average molecular weight is 277 g/mol. The smallest absolute Gasteiger partial charge is 0.142 e. The lowest BCUT2D eigenvalue weighted by molar-refractivity contribution is 0.397. The molecule has 0 saturated carbocycles. The van der Waals surface area contributed by atoms with Crippen molar-refractivity contribution in [3.8, 4) is 5.75 Å². The summed E-state index contributed by atoms with van der Waals surface area (Å²) in [6, 6.07) is 17.4. The van der Waals surface area contributed by atoms with E-state index in [1.165, 1.54) is 11.1 Å². The van der Waals surface area contributed by atoms with Gasteiger partial charge in [-0.2, -0.15) is 0 Å². The van der Waals surface area contributed by atoms with Gasteiger partial charge in [-0.3, -0.25) is 0 Å². The number of allylic oxidation sites excluding steroid dienone is 2. The molecule has 1 aliphatic carbocycles. The van der Waals surface area contributed by atoms with Gasteiger partial charge in [-0.15, -0.1) is 0 Å². The number of hydrogen-bond donors (Lipinski definition) is 1. The Hall–Kier alpha value is -2.22. The highest BCUT2D eigenvalue weighted by atomic mass is 16.5. The molecule has 1 aliphatic heterocycles. The molecular formula is C19H19NO. The van der Waals surface area contributed by atoms with Gasteiger partial charge in [-0.1, -0.05) is 54.6 Å². The average Bonchev–Trinajstić information content (AvgIpc) is 3.04. The quantitative estimate of drug-likeness (QED) is 0.815. The SMILES string of the molecule is COc1cccc2c1N[C@H](c1ccccc1)[C@@H]1CC=C[C@@H]21. The standard InChI is InChI=1S/C19H19NO/c1-21-17-12-6-11-16-14-9-5-10-15(14)18(20-19(16)17)13-7-3-2-4-8-13/h2-9,11-12,14-15,18,20H,10H2,1H3/t14-,15-,18-/m1/s1. The molecule has 1 heterocycles. The maximum absolute atomic E-state index is 5.56. The van der Waals surface area contributed by atoms with E-state index in [0.717, 1.165) is 17.9 Å². The molecular weight excluding hydrogens is 258 g/mol. The molecule has 21 heavy (non-hydrogen) atoms. The van der Waals surface area contributed by atoms with Gasteiger partial charge in [0.15, 0.2) is 0 Å². The number of rotatable bonds is 2. The van der Waals surface area contributed by atoms with Gasteiger partial charge >= 0.3 is 0 Å². The third-order valence-corrected chi connectivity index (χ3v) is 4.74. The van der Waals surface area contributed by atoms with Gasteiger partial charge in [-0.25, -0.2) is 0 Å². The maximum atomic E-state index is 5.56. The Bertz CT molecular complexity index is 677. The van der Waals surface area contributed by atoms with E-state index in [-0.39, 0.29) is 0 Å². The summed E-state index contributed by atoms with van der Waals surface area (Å²) >= 11 is 0. The molecule has 3 atom stereocenters. The van der Waals surface area contributed by atoms with Crippen LogP contribution in [0.1, 0.15) is 29.5 Å². The molecule has 1 N–H and O–H groups in total. The number of benzene rings is 2. The van der Waals surface area contributed by atoms with Crippen LogP contribution in [0.3, 0.4) is 0 Å². The van der Waals surface area contributed by atoms with Gasteiger partial charge in [0.05, 0.1) is 18.8 Å². The summed E-state index contributed by atoms with van der Waals surface area (Å²) in [7, 11) is 1.74. The van der Waals surface area contributed by atoms with Crippen molar-refractivity contribution in [1.82, 2.24) is 0 Å². The molecule has 0 unspecified atom stereocenters. The van der Waals surface area contributed by atoms with Crippen molar-refractivity contribution in [2.75, 3.05) is 12.4 Å². The Balaban J connectivity index is 1.83. The predicted octanol–water partition coefficient (Wildman–Crippen LogP) is 4.52. The summed E-state index contributed by atoms with van der Waals surface area (Å²) in [4.78, 5) is 0. The number of anilines is 1. The highest BCUT2D eigenvalue weighted by Gasteiger charge is 2.38. The first-order valence-electron chi connectivity index (χ1n) is 7.53. The zero-order chi connectivity index (χ0) is 14.2. The molecule has 0 fully saturated rings. The molecule has 0 amide bonds. The van der Waals surface area contributed by atoms with Crippen molar-refractivity contribution in [3.63, 3.8) is 0 Å². The minimum absolute atomic E-state index is 0.343. The van der Waals surface area contributed by atoms with E-state index in [2.05, 4.69) is 59.9 Å². The summed E-state index contributed by atoms with van der Waals surface area (Å²) in [5, 5.41) is 3.74. The van der Waals surface area contributed by atoms with Crippen molar-refractivity contribution < 1.29 is 4.74 Å². The monoisotopic (exact) mass is 277 g/mol. The van der Waals surface area contributed by atoms with E-state index in [4.69, 9.17) is 4.74 Å². The number of hydrogen-bond acceptors (Lipinski definition) is 2. The summed E-state index contributed by atoms with van der Waals surface area (Å²) in [6.07, 6.45) is 5.81. The lowest BCUT2D eigenvalue weighted by atomic mass is 9.77. The Morgan fingerprint density at radius 1 is 1.05 bits per heavy atom. The van der Waals surface area contributed by atoms with Crippen LogP contribution in [0.15, 0.2) is 60.7 Å². The molecule has 2 heteroatoms. The van der Waals surface area contributed by atoms with Crippen LogP contribution in [0.4, 0.5) is 5.69 Å². The van der Waals surface area contributed by atoms with Gasteiger partial charge in [0.25, 0.3) is 0 Å². The molecule has 2 nitrogen and oxygen atoms in total. The first-order valence-corrected chi connectivity index (χ1v) is 7.53. The van der Waals surface area contributed by atoms with Crippen LogP contribution in [-0.2, 0) is 0 Å². The molecule has 4 rings (SSSR count). The van der Waals surface area contributed by atoms with Crippen LogP contribution < -0.4 is 10.1 Å². The summed E-state index contributed by atoms with van der Waals surface area (Å²) < 4.78 is 5.56. The van der Waals surface area contributed by atoms with Crippen molar-refractivity contribution in [3.05, 3.63) is 71.8 Å². The van der Waals surface area contributed by atoms with E-state index < -0.39 is 0 Å². The van der Waals surface area contributed by atoms with Crippen molar-refractivity contribution in [1.29, 1.82) is 0 Å². The zero-order valence-electron chi connectivity index (χ0n) is 12.1. The van der Waals surface area contributed by atoms with Gasteiger partial charge in [0.1, 0.15) is 5.75 Å². The van der Waals surface area contributed by atoms with E-state index in [0.29, 0.717) is 17.9 Å². The molecule has 2 aromatic rings. The molecule has 0 aromatic heterocycles. The first-order chi connectivity index (χ1) is 10.4. The van der Waals surface area contributed by atoms with Crippen LogP contribution >= 0.6 is 0 Å². The van der Waals surface area contributed by atoms with Crippen molar-refractivity contribution in [2.24, 2.45) is 5.92 Å². The fraction of sp³-hybridized carbons (Fsp3) is 0.263. The van der Waals surface area contributed by atoms with Gasteiger partial charge in [-0.05, 0) is 29.5 Å². The fourth-order valence-electron chi connectivity index (χ4n) is 3.75. The van der Waals surface area contributed by atoms with Gasteiger partial charge in [0.2, 0.25) is 0 Å². The summed E-state index contributed by atoms with van der Waals surface area (Å²) in [5.74, 6) is 2.01. The van der Waals surface area contributed by atoms with Gasteiger partial charge in [0, 0.05) is 5.92 Å². The van der Waals surface area contributed by atoms with Crippen LogP contribution in [-0.4, -0.2) is 7.11 Å². The zero-order valence-corrected chi connectivity index (χ0v) is 12.1. The molecule has 0 radical (unpaired) electrons. The Morgan fingerprint density at radius 3 is 2.71 bits per heavy atom. The number of nitrogens with one attached hydrogen (secondary N) is 1. The largest absolute Gasteiger partial charge is 0.495 e. The van der Waals surface area contributed by atoms with Crippen LogP contribution in [0.5, 0.6) is 5.75 Å². The van der Waals surface area contributed by atoms with E-state index in [9.17, 15) is 0 Å². The lowest BCUT2D eigenvalue weighted by Gasteiger charge is -2.38. The minimum atomic E-state index is 0.343. The molecule has 0 saturated heterocycles. The van der Waals surface area contributed by atoms with Gasteiger partial charge < -0.3 is 10.1 Å². The summed E-state index contributed by atoms with van der Waals surface area (Å²) in [6.45, 7) is 0. The second-order valence-corrected chi connectivity index (χ2v) is 5.81. The highest BCUT2D eigenvalue weighted by Crippen LogP contribution is 2.51. The molecule has 0 spiro atoms. The Labute approximate surface area is 125 Å². The van der Waals surface area contributed by atoms with E-state index in [1.807, 2.05) is 6.07 Å². The van der Waals surface area contributed by atoms with E-state index in [1.54, 1.807) is 7.11 Å². The maximum Gasteiger partial charge on any atom is 0.142 e. The van der Waals surface area contributed by atoms with Crippen molar-refractivity contribution in [2.45, 2.75) is 18.4 Å². The highest BCUT2D eigenvalue weighted by molar-refractivity contribution is 5.67. The number of para-hydroxylation sites is 1. The predicted molar refractivity (Wildman–Crippen MR) is 85.8 cm³/mol. The molecule has 2 aliphatic rings. The fourth-order valence-corrected chi connectivity index (χ4v) is 3.75. The van der Waals surface area contributed by atoms with Crippen LogP contribution in [0, 0.1) is 5.92 Å². The second-order valence-electron chi connectivity index (χ2n) is 5.81. The Morgan fingerprint density at radius 2 is 1.90 bits per heavy atom. The molecule has 106 valence electrons. The summed E-state index contributed by atoms with van der Waals surface area (Å²) in [5.41, 5.74) is 3.87. The number of ether oxygens (including phenoxy) is 1. The minimum Gasteiger partial charge on any atom is -0.495 e. The molecule has 2 aromatic carbocycles. The number of fused-ring (bicyclic) bond motifs is 3. The lowest BCUT2D eigenvalue weighted by Crippen LogP contribution is -2.29. The molecule has 0 bridgehead atoms.